The van der Waals surface area contributed by atoms with Gasteiger partial charge in [0.15, 0.2) is 17.3 Å². The molecule has 212 valence electrons. The van der Waals surface area contributed by atoms with E-state index in [0.717, 1.165) is 24.3 Å². The van der Waals surface area contributed by atoms with E-state index >= 15 is 0 Å². The Morgan fingerprint density at radius 3 is 1.68 bits per heavy atom. The van der Waals surface area contributed by atoms with E-state index in [-0.39, 0.29) is 59.4 Å². The van der Waals surface area contributed by atoms with E-state index in [4.69, 9.17) is 8.83 Å². The van der Waals surface area contributed by atoms with Crippen LogP contribution in [0.4, 0.5) is 26.3 Å². The summed E-state index contributed by atoms with van der Waals surface area (Å²) in [5.74, 6) is -0.500. The number of nitrogens with zero attached hydrogens (tertiary/aromatic N) is 2. The van der Waals surface area contributed by atoms with E-state index in [1.165, 1.54) is 31.2 Å². The predicted molar refractivity (Wildman–Crippen MR) is 131 cm³/mol. The number of halogens is 6. The first kappa shape index (κ1) is 29.1. The van der Waals surface area contributed by atoms with Crippen molar-refractivity contribution in [1.29, 1.82) is 0 Å². The van der Waals surface area contributed by atoms with Crippen LogP contribution >= 0.6 is 0 Å². The average molecular weight is 566 g/mol. The highest BCUT2D eigenvalue weighted by Crippen LogP contribution is 2.37. The van der Waals surface area contributed by atoms with Crippen molar-refractivity contribution >= 4 is 5.78 Å². The van der Waals surface area contributed by atoms with Gasteiger partial charge >= 0.3 is 12.4 Å². The number of ketones is 1. The summed E-state index contributed by atoms with van der Waals surface area (Å²) >= 11 is 0. The van der Waals surface area contributed by atoms with Crippen LogP contribution in [0, 0.1) is 13.8 Å². The molecular formula is C28H24F6N2O4. The maximum absolute atomic E-state index is 13.0. The number of hydrogen-bond donors (Lipinski definition) is 1. The zero-order valence-electron chi connectivity index (χ0n) is 21.6. The van der Waals surface area contributed by atoms with Crippen LogP contribution in [-0.2, 0) is 18.0 Å². The summed E-state index contributed by atoms with van der Waals surface area (Å²) in [5.41, 5.74) is -2.20. The largest absolute Gasteiger partial charge is 0.438 e. The van der Waals surface area contributed by atoms with Crippen LogP contribution in [0.2, 0.25) is 0 Å². The molecule has 0 amide bonds. The summed E-state index contributed by atoms with van der Waals surface area (Å²) in [6, 6.07) is 8.39. The van der Waals surface area contributed by atoms with Crippen LogP contribution in [0.25, 0.3) is 22.9 Å². The lowest BCUT2D eigenvalue weighted by atomic mass is 9.89. The molecule has 40 heavy (non-hydrogen) atoms. The lowest BCUT2D eigenvalue weighted by molar-refractivity contribution is -0.138. The van der Waals surface area contributed by atoms with Gasteiger partial charge in [-0.15, -0.1) is 0 Å². The first-order valence-corrected chi connectivity index (χ1v) is 12.2. The molecule has 4 aromatic rings. The van der Waals surface area contributed by atoms with Gasteiger partial charge in [-0.3, -0.25) is 4.79 Å². The number of carbonyl (C=O) groups is 1. The molecule has 1 unspecified atom stereocenters. The normalized spacial score (nSPS) is 13.8. The number of oxazole rings is 2. The second-order valence-electron chi connectivity index (χ2n) is 9.33. The minimum Gasteiger partial charge on any atom is -0.438 e. The number of aryl methyl sites for hydroxylation is 2. The summed E-state index contributed by atoms with van der Waals surface area (Å²) in [4.78, 5) is 21.4. The topological polar surface area (TPSA) is 89.4 Å². The second-order valence-corrected chi connectivity index (χ2v) is 9.33. The molecule has 12 heteroatoms. The highest BCUT2D eigenvalue weighted by Gasteiger charge is 2.36. The molecule has 1 N–H and O–H groups in total. The quantitative estimate of drug-likeness (QED) is 0.172. The number of hydrogen-bond acceptors (Lipinski definition) is 6. The van der Waals surface area contributed by atoms with E-state index in [2.05, 4.69) is 9.97 Å². The summed E-state index contributed by atoms with van der Waals surface area (Å²) in [6.45, 7) is 4.77. The van der Waals surface area contributed by atoms with Gasteiger partial charge in [-0.05, 0) is 75.2 Å². The molecular weight excluding hydrogens is 542 g/mol. The van der Waals surface area contributed by atoms with Crippen LogP contribution < -0.4 is 0 Å². The van der Waals surface area contributed by atoms with Crippen molar-refractivity contribution < 1.29 is 45.1 Å². The Hall–Kier alpha value is -3.93. The van der Waals surface area contributed by atoms with Crippen molar-refractivity contribution in [3.63, 3.8) is 0 Å². The fraction of sp³-hybridized carbons (Fsp3) is 0.321. The fourth-order valence-electron chi connectivity index (χ4n) is 4.22. The van der Waals surface area contributed by atoms with Gasteiger partial charge in [0.25, 0.3) is 0 Å². The second kappa shape index (κ2) is 10.6. The number of alkyl halides is 6. The Labute approximate surface area is 224 Å². The van der Waals surface area contributed by atoms with Gasteiger partial charge in [-0.1, -0.05) is 6.92 Å². The lowest BCUT2D eigenvalue weighted by Gasteiger charge is -2.24. The summed E-state index contributed by atoms with van der Waals surface area (Å²) in [6.07, 6.45) is -9.15. The number of Topliss-reactive ketones (excluding diaryl/α,β-unsaturated/α-hetero) is 1. The molecule has 1 atom stereocenters. The zero-order valence-corrected chi connectivity index (χ0v) is 21.6. The molecule has 0 radical (unpaired) electrons. The van der Waals surface area contributed by atoms with Crippen LogP contribution in [0.5, 0.6) is 0 Å². The molecule has 0 saturated heterocycles. The van der Waals surface area contributed by atoms with Gasteiger partial charge in [-0.2, -0.15) is 26.3 Å². The average Bonchev–Trinajstić information content (AvgIpc) is 3.49. The molecule has 0 fully saturated rings. The molecule has 2 aromatic heterocycles. The third-order valence-corrected chi connectivity index (χ3v) is 6.54. The van der Waals surface area contributed by atoms with E-state index in [9.17, 15) is 36.2 Å². The Balaban J connectivity index is 1.50. The summed E-state index contributed by atoms with van der Waals surface area (Å²) < 4.78 is 88.5. The predicted octanol–water partition coefficient (Wildman–Crippen LogP) is 7.91. The Bertz CT molecular complexity index is 1500. The zero-order chi connectivity index (χ0) is 29.5. The monoisotopic (exact) mass is 566 g/mol. The van der Waals surface area contributed by atoms with Crippen LogP contribution in [-0.4, -0.2) is 20.9 Å². The molecule has 4 rings (SSSR count). The van der Waals surface area contributed by atoms with Crippen molar-refractivity contribution in [3.8, 4) is 22.9 Å². The maximum Gasteiger partial charge on any atom is 0.416 e. The third-order valence-electron chi connectivity index (χ3n) is 6.54. The van der Waals surface area contributed by atoms with Gasteiger partial charge < -0.3 is 13.9 Å². The van der Waals surface area contributed by atoms with Crippen LogP contribution in [0.15, 0.2) is 57.4 Å². The van der Waals surface area contributed by atoms with E-state index in [1.807, 2.05) is 0 Å². The van der Waals surface area contributed by atoms with Gasteiger partial charge in [0.1, 0.15) is 5.60 Å². The van der Waals surface area contributed by atoms with E-state index in [1.54, 1.807) is 13.8 Å². The molecule has 0 bridgehead atoms. The smallest absolute Gasteiger partial charge is 0.416 e. The third kappa shape index (κ3) is 5.96. The first-order valence-electron chi connectivity index (χ1n) is 12.2. The fourth-order valence-corrected chi connectivity index (χ4v) is 4.22. The number of aliphatic hydroxyl groups is 1. The molecule has 0 spiro atoms. The molecule has 2 aromatic carbocycles. The SMILES string of the molecule is CCC(O)(CCC(=O)c1oc(-c2ccc(C(F)(F)F)cc2)nc1C)c1oc(-c2ccc(C(F)(F)F)cc2)nc1C. The van der Waals surface area contributed by atoms with Gasteiger partial charge in [0.05, 0.1) is 22.5 Å². The molecule has 0 aliphatic rings. The van der Waals surface area contributed by atoms with Gasteiger partial charge in [0.2, 0.25) is 11.8 Å². The Morgan fingerprint density at radius 1 is 0.775 bits per heavy atom. The number of aromatic nitrogens is 2. The molecule has 6 nitrogen and oxygen atoms in total. The molecule has 0 aliphatic heterocycles. The number of benzene rings is 2. The lowest BCUT2D eigenvalue weighted by Crippen LogP contribution is -2.26. The standard InChI is InChI=1S/C28H24F6N2O4/c1-4-26(38,23-16(3)36-25(40-23)18-7-11-20(12-8-18)28(32,33)34)14-13-21(37)22-15(2)35-24(39-22)17-5-9-19(10-6-17)27(29,30)31/h5-12,38H,4,13-14H2,1-3H3. The molecule has 0 aliphatic carbocycles. The minimum absolute atomic E-state index is 0.0201. The first-order chi connectivity index (χ1) is 18.6. The number of rotatable bonds is 8. The van der Waals surface area contributed by atoms with Crippen molar-refractivity contribution in [3.05, 3.63) is 82.6 Å². The highest BCUT2D eigenvalue weighted by molar-refractivity contribution is 5.94. The maximum atomic E-state index is 13.0. The van der Waals surface area contributed by atoms with Crippen molar-refractivity contribution in [2.24, 2.45) is 0 Å². The molecule has 0 saturated carbocycles. The molecule has 2 heterocycles. The van der Waals surface area contributed by atoms with Crippen LogP contribution in [0.3, 0.4) is 0 Å². The van der Waals surface area contributed by atoms with Gasteiger partial charge in [0, 0.05) is 17.5 Å². The van der Waals surface area contributed by atoms with Crippen LogP contribution in [0.1, 0.15) is 65.0 Å². The summed E-state index contributed by atoms with van der Waals surface area (Å²) in [7, 11) is 0. The Kier molecular flexibility index (Phi) is 7.68. The van der Waals surface area contributed by atoms with E-state index in [0.29, 0.717) is 5.69 Å². The van der Waals surface area contributed by atoms with E-state index < -0.39 is 34.9 Å². The highest BCUT2D eigenvalue weighted by atomic mass is 19.4. The van der Waals surface area contributed by atoms with Gasteiger partial charge in [-0.25, -0.2) is 9.97 Å². The summed E-state index contributed by atoms with van der Waals surface area (Å²) in [5, 5.41) is 11.4. The Morgan fingerprint density at radius 2 is 1.23 bits per heavy atom. The van der Waals surface area contributed by atoms with Crippen molar-refractivity contribution in [2.75, 3.05) is 0 Å². The van der Waals surface area contributed by atoms with Crippen molar-refractivity contribution in [2.45, 2.75) is 58.0 Å². The number of carbonyl (C=O) groups excluding carboxylic acids is 1. The van der Waals surface area contributed by atoms with Crippen molar-refractivity contribution in [1.82, 2.24) is 9.97 Å². The minimum atomic E-state index is -4.50.